The number of hydrogen-bond acceptors (Lipinski definition) is 4. The first-order chi connectivity index (χ1) is 9.19. The van der Waals surface area contributed by atoms with Gasteiger partial charge in [-0.05, 0) is 36.8 Å². The van der Waals surface area contributed by atoms with Crippen molar-refractivity contribution in [2.75, 3.05) is 19.5 Å². The molecule has 0 aliphatic rings. The molecule has 100 valence electrons. The van der Waals surface area contributed by atoms with Crippen LogP contribution in [-0.2, 0) is 6.42 Å². The van der Waals surface area contributed by atoms with Crippen LogP contribution in [0.15, 0.2) is 30.3 Å². The van der Waals surface area contributed by atoms with Crippen LogP contribution in [0.25, 0.3) is 0 Å². The first-order valence-electron chi connectivity index (χ1n) is 6.18. The fraction of sp³-hybridized carbons (Fsp3) is 0.267. The SMILES string of the molecule is CCc1cc(C(=O)c2ccc(OC)cc2)c(NC)s1. The van der Waals surface area contributed by atoms with Gasteiger partial charge in [-0.1, -0.05) is 6.92 Å². The predicted molar refractivity (Wildman–Crippen MR) is 79.7 cm³/mol. The van der Waals surface area contributed by atoms with E-state index < -0.39 is 0 Å². The Kier molecular flexibility index (Phi) is 4.22. The van der Waals surface area contributed by atoms with Crippen LogP contribution in [0, 0.1) is 0 Å². The van der Waals surface area contributed by atoms with E-state index in [0.29, 0.717) is 5.56 Å². The van der Waals surface area contributed by atoms with Crippen molar-refractivity contribution in [3.63, 3.8) is 0 Å². The van der Waals surface area contributed by atoms with E-state index in [0.717, 1.165) is 22.7 Å². The first kappa shape index (κ1) is 13.6. The molecule has 19 heavy (non-hydrogen) atoms. The molecule has 2 aromatic rings. The van der Waals surface area contributed by atoms with Gasteiger partial charge in [-0.2, -0.15) is 0 Å². The lowest BCUT2D eigenvalue weighted by Crippen LogP contribution is -2.02. The number of thiophene rings is 1. The summed E-state index contributed by atoms with van der Waals surface area (Å²) in [6.45, 7) is 2.09. The fourth-order valence-electron chi connectivity index (χ4n) is 1.87. The average molecular weight is 275 g/mol. The molecule has 1 aromatic carbocycles. The number of benzene rings is 1. The molecule has 0 amide bonds. The number of anilines is 1. The maximum Gasteiger partial charge on any atom is 0.195 e. The molecule has 0 atom stereocenters. The summed E-state index contributed by atoms with van der Waals surface area (Å²) in [5.74, 6) is 0.799. The summed E-state index contributed by atoms with van der Waals surface area (Å²) >= 11 is 1.63. The molecule has 0 spiro atoms. The zero-order valence-corrected chi connectivity index (χ0v) is 12.1. The van der Waals surface area contributed by atoms with Crippen molar-refractivity contribution in [2.45, 2.75) is 13.3 Å². The molecule has 1 heterocycles. The second kappa shape index (κ2) is 5.89. The van der Waals surface area contributed by atoms with Gasteiger partial charge >= 0.3 is 0 Å². The number of nitrogens with one attached hydrogen (secondary N) is 1. The van der Waals surface area contributed by atoms with Gasteiger partial charge in [-0.15, -0.1) is 11.3 Å². The van der Waals surface area contributed by atoms with Crippen LogP contribution in [-0.4, -0.2) is 19.9 Å². The van der Waals surface area contributed by atoms with Crippen LogP contribution in [0.5, 0.6) is 5.75 Å². The molecule has 0 fully saturated rings. The molecule has 1 aromatic heterocycles. The monoisotopic (exact) mass is 275 g/mol. The second-order valence-corrected chi connectivity index (χ2v) is 5.25. The van der Waals surface area contributed by atoms with Crippen LogP contribution >= 0.6 is 11.3 Å². The van der Waals surface area contributed by atoms with Crippen molar-refractivity contribution >= 4 is 22.1 Å². The largest absolute Gasteiger partial charge is 0.497 e. The van der Waals surface area contributed by atoms with Gasteiger partial charge < -0.3 is 10.1 Å². The minimum atomic E-state index is 0.0444. The molecule has 2 rings (SSSR count). The highest BCUT2D eigenvalue weighted by atomic mass is 32.1. The Balaban J connectivity index is 2.34. The number of carbonyl (C=O) groups is 1. The number of hydrogen-bond donors (Lipinski definition) is 1. The number of methoxy groups -OCH3 is 1. The lowest BCUT2D eigenvalue weighted by Gasteiger charge is -2.04. The zero-order chi connectivity index (χ0) is 13.8. The highest BCUT2D eigenvalue weighted by molar-refractivity contribution is 7.16. The quantitative estimate of drug-likeness (QED) is 0.847. The second-order valence-electron chi connectivity index (χ2n) is 4.12. The number of ether oxygens (including phenoxy) is 1. The van der Waals surface area contributed by atoms with E-state index in [9.17, 15) is 4.79 Å². The van der Waals surface area contributed by atoms with Crippen LogP contribution in [0.1, 0.15) is 27.7 Å². The minimum absolute atomic E-state index is 0.0444. The third-order valence-electron chi connectivity index (χ3n) is 2.96. The maximum absolute atomic E-state index is 12.5. The zero-order valence-electron chi connectivity index (χ0n) is 11.3. The Morgan fingerprint density at radius 2 is 2.00 bits per heavy atom. The average Bonchev–Trinajstić information content (AvgIpc) is 2.90. The van der Waals surface area contributed by atoms with E-state index in [1.54, 1.807) is 42.7 Å². The van der Waals surface area contributed by atoms with E-state index in [2.05, 4.69) is 12.2 Å². The normalized spacial score (nSPS) is 10.3. The number of carbonyl (C=O) groups excluding carboxylic acids is 1. The molecular weight excluding hydrogens is 258 g/mol. The first-order valence-corrected chi connectivity index (χ1v) is 7.00. The fourth-order valence-corrected chi connectivity index (χ4v) is 2.82. The van der Waals surface area contributed by atoms with Crippen LogP contribution < -0.4 is 10.1 Å². The van der Waals surface area contributed by atoms with Gasteiger partial charge in [-0.3, -0.25) is 4.79 Å². The standard InChI is InChI=1S/C15H17NO2S/c1-4-12-9-13(15(16-2)19-12)14(17)10-5-7-11(18-3)8-6-10/h5-9,16H,4H2,1-3H3. The van der Waals surface area contributed by atoms with Crippen molar-refractivity contribution in [3.05, 3.63) is 46.3 Å². The third kappa shape index (κ3) is 2.79. The summed E-state index contributed by atoms with van der Waals surface area (Å²) in [7, 11) is 3.46. The number of ketones is 1. The molecule has 0 radical (unpaired) electrons. The maximum atomic E-state index is 12.5. The van der Waals surface area contributed by atoms with Crippen molar-refractivity contribution in [2.24, 2.45) is 0 Å². The highest BCUT2D eigenvalue weighted by Crippen LogP contribution is 2.30. The van der Waals surface area contributed by atoms with Gasteiger partial charge in [0.2, 0.25) is 0 Å². The van der Waals surface area contributed by atoms with Crippen molar-refractivity contribution in [1.82, 2.24) is 0 Å². The molecule has 0 aliphatic heterocycles. The van der Waals surface area contributed by atoms with Crippen LogP contribution in [0.2, 0.25) is 0 Å². The summed E-state index contributed by atoms with van der Waals surface area (Å²) in [5.41, 5.74) is 1.42. The molecular formula is C15H17NO2S. The molecule has 1 N–H and O–H groups in total. The number of rotatable bonds is 5. The van der Waals surface area contributed by atoms with E-state index in [-0.39, 0.29) is 5.78 Å². The summed E-state index contributed by atoms with van der Waals surface area (Å²) < 4.78 is 5.10. The summed E-state index contributed by atoms with van der Waals surface area (Å²) in [6.07, 6.45) is 0.940. The summed E-state index contributed by atoms with van der Waals surface area (Å²) in [6, 6.07) is 9.18. The van der Waals surface area contributed by atoms with Crippen LogP contribution in [0.3, 0.4) is 0 Å². The summed E-state index contributed by atoms with van der Waals surface area (Å²) in [5, 5.41) is 4.02. The van der Waals surface area contributed by atoms with Crippen molar-refractivity contribution in [1.29, 1.82) is 0 Å². The van der Waals surface area contributed by atoms with E-state index >= 15 is 0 Å². The highest BCUT2D eigenvalue weighted by Gasteiger charge is 2.16. The Labute approximate surface area is 117 Å². The molecule has 0 bridgehead atoms. The van der Waals surface area contributed by atoms with Gasteiger partial charge in [0.1, 0.15) is 5.75 Å². The van der Waals surface area contributed by atoms with E-state index in [1.165, 1.54) is 4.88 Å². The van der Waals surface area contributed by atoms with Gasteiger partial charge in [0.05, 0.1) is 17.7 Å². The van der Waals surface area contributed by atoms with Crippen molar-refractivity contribution < 1.29 is 9.53 Å². The van der Waals surface area contributed by atoms with Crippen molar-refractivity contribution in [3.8, 4) is 5.75 Å². The molecule has 3 nitrogen and oxygen atoms in total. The van der Waals surface area contributed by atoms with E-state index in [4.69, 9.17) is 4.74 Å². The Morgan fingerprint density at radius 3 is 2.53 bits per heavy atom. The molecule has 0 saturated heterocycles. The third-order valence-corrected chi connectivity index (χ3v) is 4.25. The predicted octanol–water partition coefficient (Wildman–Crippen LogP) is 3.59. The topological polar surface area (TPSA) is 38.3 Å². The lowest BCUT2D eigenvalue weighted by atomic mass is 10.0. The number of aryl methyl sites for hydroxylation is 1. The van der Waals surface area contributed by atoms with E-state index in [1.807, 2.05) is 13.1 Å². The molecule has 0 aliphatic carbocycles. The van der Waals surface area contributed by atoms with Gasteiger partial charge in [0.25, 0.3) is 0 Å². The Hall–Kier alpha value is -1.81. The molecule has 4 heteroatoms. The lowest BCUT2D eigenvalue weighted by molar-refractivity contribution is 0.104. The molecule has 0 unspecified atom stereocenters. The Bertz CT molecular complexity index is 572. The van der Waals surface area contributed by atoms with Gasteiger partial charge in [-0.25, -0.2) is 0 Å². The van der Waals surface area contributed by atoms with Gasteiger partial charge in [0.15, 0.2) is 5.78 Å². The smallest absolute Gasteiger partial charge is 0.195 e. The van der Waals surface area contributed by atoms with Gasteiger partial charge in [0, 0.05) is 17.5 Å². The van der Waals surface area contributed by atoms with Crippen LogP contribution in [0.4, 0.5) is 5.00 Å². The molecule has 0 saturated carbocycles. The summed E-state index contributed by atoms with van der Waals surface area (Å²) in [4.78, 5) is 13.7. The minimum Gasteiger partial charge on any atom is -0.497 e. The Morgan fingerprint density at radius 1 is 1.32 bits per heavy atom.